The number of carbonyl (C=O) groups is 4. The lowest BCUT2D eigenvalue weighted by atomic mass is 10.2. The van der Waals surface area contributed by atoms with Gasteiger partial charge in [0.25, 0.3) is 22.7 Å². The van der Waals surface area contributed by atoms with Gasteiger partial charge in [0.2, 0.25) is 11.9 Å². The highest BCUT2D eigenvalue weighted by Crippen LogP contribution is 2.22. The van der Waals surface area contributed by atoms with Crippen LogP contribution in [0.2, 0.25) is 0 Å². The van der Waals surface area contributed by atoms with Crippen molar-refractivity contribution in [3.63, 3.8) is 0 Å². The molecule has 26 nitrogen and oxygen atoms in total. The Morgan fingerprint density at radius 3 is 0.939 bits per heavy atom. The van der Waals surface area contributed by atoms with Crippen LogP contribution in [0.5, 0.6) is 0 Å². The molecular formula is C38H36N10O16S2. The average Bonchev–Trinajstić information content (AvgIpc) is 3.29. The molecule has 0 heterocycles. The van der Waals surface area contributed by atoms with Crippen molar-refractivity contribution in [1.29, 1.82) is 0 Å². The number of carbonyl (C=O) groups excluding carboxylic acids is 4. The van der Waals surface area contributed by atoms with Gasteiger partial charge in [-0.05, 0) is 70.8 Å². The fourth-order valence-corrected chi connectivity index (χ4v) is 6.84. The van der Waals surface area contributed by atoms with Crippen LogP contribution in [0.3, 0.4) is 0 Å². The summed E-state index contributed by atoms with van der Waals surface area (Å²) in [5.41, 5.74) is 12.9. The molecular weight excluding hydrogens is 917 g/mol. The van der Waals surface area contributed by atoms with E-state index in [4.69, 9.17) is 30.4 Å². The second-order valence-electron chi connectivity index (χ2n) is 12.8. The Morgan fingerprint density at radius 2 is 0.697 bits per heavy atom. The van der Waals surface area contributed by atoms with Crippen molar-refractivity contribution in [3.8, 4) is 0 Å². The van der Waals surface area contributed by atoms with Crippen LogP contribution in [-0.2, 0) is 45.4 Å². The molecule has 4 amide bonds. The van der Waals surface area contributed by atoms with Crippen molar-refractivity contribution >= 4 is 80.6 Å². The molecule has 0 fully saturated rings. The molecule has 4 N–H and O–H groups in total. The number of hydrogen-bond donors (Lipinski definition) is 2. The summed E-state index contributed by atoms with van der Waals surface area (Å²) in [6.45, 7) is -1.82. The van der Waals surface area contributed by atoms with Gasteiger partial charge in [-0.2, -0.15) is 0 Å². The van der Waals surface area contributed by atoms with Crippen LogP contribution in [0.1, 0.15) is 22.3 Å². The highest BCUT2D eigenvalue weighted by Gasteiger charge is 2.23. The summed E-state index contributed by atoms with van der Waals surface area (Å²) in [5.74, 6) is -1.08. The van der Waals surface area contributed by atoms with E-state index in [0.717, 1.165) is 31.4 Å². The quantitative estimate of drug-likeness (QED) is 0.0190. The molecule has 0 aliphatic carbocycles. The number of guanidine groups is 2. The van der Waals surface area contributed by atoms with Gasteiger partial charge < -0.3 is 30.4 Å². The summed E-state index contributed by atoms with van der Waals surface area (Å²) in [6, 6.07) is 20.6. The van der Waals surface area contributed by atoms with Crippen molar-refractivity contribution in [2.45, 2.75) is 26.4 Å². The zero-order valence-electron chi connectivity index (χ0n) is 34.0. The minimum atomic E-state index is -1.21. The van der Waals surface area contributed by atoms with Crippen LogP contribution < -0.4 is 11.5 Å². The Hall–Kier alpha value is -8.40. The first kappa shape index (κ1) is 50.2. The largest absolute Gasteiger partial charge is 0.444 e. The highest BCUT2D eigenvalue weighted by molar-refractivity contribution is 8.76. The monoisotopic (exact) mass is 952 g/mol. The Labute approximate surface area is 379 Å². The molecule has 0 aliphatic rings. The maximum absolute atomic E-state index is 13.2. The molecule has 0 atom stereocenters. The van der Waals surface area contributed by atoms with Crippen LogP contribution in [0, 0.1) is 40.5 Å². The summed E-state index contributed by atoms with van der Waals surface area (Å²) in [6.07, 6.45) is -4.54. The van der Waals surface area contributed by atoms with Crippen molar-refractivity contribution in [2.75, 3.05) is 24.6 Å². The van der Waals surface area contributed by atoms with E-state index in [9.17, 15) is 59.6 Å². The van der Waals surface area contributed by atoms with E-state index < -0.39 is 56.0 Å². The first-order valence-electron chi connectivity index (χ1n) is 18.6. The molecule has 4 rings (SSSR count). The maximum atomic E-state index is 13.2. The number of nitrogens with zero attached hydrogens (tertiary/aromatic N) is 8. The summed E-state index contributed by atoms with van der Waals surface area (Å²) < 4.78 is 20.8. The standard InChI is InChI=1S/C38H36N10O16S2/c39-33(41-35(49)61-21-25-1-9-29(10-2-25)45(53)54)43(37(51)63-23-27-5-13-31(14-6-27)47(57)58)17-19-65-66-20-18-44(38(52)64-24-28-7-15-32(16-8-28)48(59)60)34(40)42-36(50)62-22-26-3-11-30(12-4-26)46(55)56/h1-16H,17-24H2,(H2,39,41,49)(H2,40,42,50). The SMILES string of the molecule is NC(=NC(=O)OCc1ccc([N+](=O)[O-])cc1)N(CCSSCCN(C(=O)OCc1ccc([N+](=O)[O-])cc1)C(N)=NC(=O)OCc1ccc([N+](=O)[O-])cc1)C(=O)OCc1ccc([N+](=O)[O-])cc1. The minimum Gasteiger partial charge on any atom is -0.444 e. The van der Waals surface area contributed by atoms with Gasteiger partial charge in [0.15, 0.2) is 0 Å². The van der Waals surface area contributed by atoms with E-state index in [2.05, 4.69) is 9.98 Å². The van der Waals surface area contributed by atoms with Gasteiger partial charge in [-0.3, -0.25) is 40.5 Å². The molecule has 346 valence electrons. The lowest BCUT2D eigenvalue weighted by Gasteiger charge is -2.21. The smallest absolute Gasteiger partial charge is 0.437 e. The van der Waals surface area contributed by atoms with Crippen molar-refractivity contribution in [1.82, 2.24) is 9.80 Å². The Kier molecular flexibility index (Phi) is 19.1. The van der Waals surface area contributed by atoms with Crippen molar-refractivity contribution in [3.05, 3.63) is 160 Å². The van der Waals surface area contributed by atoms with E-state index in [-0.39, 0.29) is 73.8 Å². The van der Waals surface area contributed by atoms with E-state index >= 15 is 0 Å². The first-order valence-corrected chi connectivity index (χ1v) is 21.1. The van der Waals surface area contributed by atoms with Gasteiger partial charge in [0.1, 0.15) is 26.4 Å². The topological polar surface area (TPSA) is 361 Å². The molecule has 4 aromatic carbocycles. The van der Waals surface area contributed by atoms with Gasteiger partial charge in [-0.1, -0.05) is 21.6 Å². The van der Waals surface area contributed by atoms with Gasteiger partial charge >= 0.3 is 24.4 Å². The number of ether oxygens (including phenoxy) is 4. The van der Waals surface area contributed by atoms with Crippen LogP contribution in [-0.4, -0.2) is 90.4 Å². The fourth-order valence-electron chi connectivity index (χ4n) is 4.94. The summed E-state index contributed by atoms with van der Waals surface area (Å²) in [5, 5.41) is 43.9. The number of amides is 4. The van der Waals surface area contributed by atoms with Crippen LogP contribution in [0.4, 0.5) is 41.9 Å². The van der Waals surface area contributed by atoms with E-state index in [1.54, 1.807) is 0 Å². The van der Waals surface area contributed by atoms with E-state index in [1.807, 2.05) is 0 Å². The van der Waals surface area contributed by atoms with Crippen LogP contribution in [0.25, 0.3) is 0 Å². The average molecular weight is 953 g/mol. The zero-order chi connectivity index (χ0) is 48.2. The Morgan fingerprint density at radius 1 is 0.455 bits per heavy atom. The summed E-state index contributed by atoms with van der Waals surface area (Å²) in [7, 11) is 2.29. The van der Waals surface area contributed by atoms with Crippen molar-refractivity contribution in [2.24, 2.45) is 21.5 Å². The predicted molar refractivity (Wildman–Crippen MR) is 235 cm³/mol. The molecule has 66 heavy (non-hydrogen) atoms. The van der Waals surface area contributed by atoms with Crippen LogP contribution >= 0.6 is 21.6 Å². The van der Waals surface area contributed by atoms with Gasteiger partial charge in [0, 0.05) is 73.1 Å². The number of aliphatic imine (C=N–C) groups is 2. The third-order valence-electron chi connectivity index (χ3n) is 8.32. The molecule has 0 bridgehead atoms. The highest BCUT2D eigenvalue weighted by atomic mass is 33.1. The third-order valence-corrected chi connectivity index (χ3v) is 10.7. The number of nitrogens with two attached hydrogens (primary N) is 2. The molecule has 0 saturated heterocycles. The normalized spacial score (nSPS) is 11.2. The fraction of sp³-hybridized carbons (Fsp3) is 0.211. The minimum absolute atomic E-state index is 0.0918. The summed E-state index contributed by atoms with van der Waals surface area (Å²) in [4.78, 5) is 102. The number of non-ortho nitro benzene ring substituents is 4. The van der Waals surface area contributed by atoms with E-state index in [0.29, 0.717) is 22.3 Å². The van der Waals surface area contributed by atoms with E-state index in [1.165, 1.54) is 97.1 Å². The number of nitro benzene ring substituents is 4. The number of hydrogen-bond acceptors (Lipinski definition) is 18. The first-order chi connectivity index (χ1) is 31.5. The van der Waals surface area contributed by atoms with Gasteiger partial charge in [-0.25, -0.2) is 29.0 Å². The number of rotatable bonds is 19. The predicted octanol–water partition coefficient (Wildman–Crippen LogP) is 6.58. The lowest BCUT2D eigenvalue weighted by Crippen LogP contribution is -2.44. The number of benzene rings is 4. The molecule has 0 spiro atoms. The van der Waals surface area contributed by atoms with Gasteiger partial charge in [0.05, 0.1) is 19.7 Å². The number of nitro groups is 4. The third kappa shape index (κ3) is 16.4. The zero-order valence-corrected chi connectivity index (χ0v) is 35.6. The molecule has 0 aliphatic heterocycles. The van der Waals surface area contributed by atoms with Crippen molar-refractivity contribution < 1.29 is 57.8 Å². The molecule has 4 aromatic rings. The summed E-state index contributed by atoms with van der Waals surface area (Å²) >= 11 is 0. The second-order valence-corrected chi connectivity index (χ2v) is 15.5. The molecule has 28 heteroatoms. The Bertz CT molecular complexity index is 2290. The molecule has 0 radical (unpaired) electrons. The van der Waals surface area contributed by atoms with Crippen LogP contribution in [0.15, 0.2) is 107 Å². The second kappa shape index (κ2) is 25.0. The molecule has 0 saturated carbocycles. The molecule has 0 unspecified atom stereocenters. The lowest BCUT2D eigenvalue weighted by molar-refractivity contribution is -0.385. The molecule has 0 aromatic heterocycles. The Balaban J connectivity index is 1.39. The van der Waals surface area contributed by atoms with Gasteiger partial charge in [-0.15, -0.1) is 9.98 Å². The maximum Gasteiger partial charge on any atom is 0.437 e.